The van der Waals surface area contributed by atoms with Crippen LogP contribution < -0.4 is 0 Å². The molecule has 0 amide bonds. The lowest BCUT2D eigenvalue weighted by Crippen LogP contribution is -2.44. The summed E-state index contributed by atoms with van der Waals surface area (Å²) in [6, 6.07) is 20.2. The van der Waals surface area contributed by atoms with E-state index in [9.17, 15) is 18.3 Å². The van der Waals surface area contributed by atoms with Gasteiger partial charge in [-0.1, -0.05) is 77.8 Å². The Balaban J connectivity index is 2.02. The Morgan fingerprint density at radius 2 is 1.66 bits per heavy atom. The number of sulfonamides is 1. The minimum atomic E-state index is -4.17. The van der Waals surface area contributed by atoms with Gasteiger partial charge in [0.1, 0.15) is 5.76 Å². The second kappa shape index (κ2) is 10.2. The Hall–Kier alpha value is -3.13. The number of nitrogens with zero attached hydrogens (tertiary/aromatic N) is 1. The highest BCUT2D eigenvalue weighted by atomic mass is 35.5. The fourth-order valence-electron chi connectivity index (χ4n) is 4.37. The van der Waals surface area contributed by atoms with E-state index in [1.807, 2.05) is 6.92 Å². The molecule has 0 saturated carbocycles. The summed E-state index contributed by atoms with van der Waals surface area (Å²) in [5.74, 6) is -0.988. The third-order valence-electron chi connectivity index (χ3n) is 6.00. The zero-order chi connectivity index (χ0) is 25.2. The van der Waals surface area contributed by atoms with Gasteiger partial charge in [0.25, 0.3) is 0 Å². The van der Waals surface area contributed by atoms with E-state index in [1.165, 1.54) is 4.31 Å². The third-order valence-corrected chi connectivity index (χ3v) is 8.24. The maximum atomic E-state index is 14.2. The molecule has 0 radical (unpaired) electrons. The van der Waals surface area contributed by atoms with Gasteiger partial charge in [0, 0.05) is 11.4 Å². The van der Waals surface area contributed by atoms with Crippen molar-refractivity contribution in [2.75, 3.05) is 6.61 Å². The van der Waals surface area contributed by atoms with Crippen LogP contribution in [0.1, 0.15) is 42.1 Å². The van der Waals surface area contributed by atoms with E-state index in [0.29, 0.717) is 16.1 Å². The molecule has 0 aromatic heterocycles. The summed E-state index contributed by atoms with van der Waals surface area (Å²) in [6.07, 6.45) is -0.133. The first-order chi connectivity index (χ1) is 16.8. The van der Waals surface area contributed by atoms with Gasteiger partial charge < -0.3 is 9.84 Å². The van der Waals surface area contributed by atoms with Gasteiger partial charge in [-0.05, 0) is 43.2 Å². The molecule has 35 heavy (non-hydrogen) atoms. The first-order valence-corrected chi connectivity index (χ1v) is 13.1. The molecule has 0 unspecified atom stereocenters. The summed E-state index contributed by atoms with van der Waals surface area (Å²) in [6.45, 7) is 3.61. The van der Waals surface area contributed by atoms with Crippen molar-refractivity contribution in [2.24, 2.45) is 0 Å². The van der Waals surface area contributed by atoms with E-state index in [4.69, 9.17) is 16.3 Å². The summed E-state index contributed by atoms with van der Waals surface area (Å²) in [5, 5.41) is 11.5. The molecule has 3 aromatic rings. The summed E-state index contributed by atoms with van der Waals surface area (Å²) >= 11 is 6.52. The van der Waals surface area contributed by atoms with Crippen molar-refractivity contribution in [3.63, 3.8) is 0 Å². The number of aliphatic hydroxyl groups is 1. The fourth-order valence-corrected chi connectivity index (χ4v) is 6.38. The Bertz CT molecular complexity index is 1350. The molecule has 1 heterocycles. The number of aliphatic hydroxyl groups excluding tert-OH is 1. The van der Waals surface area contributed by atoms with Crippen LogP contribution in [0.2, 0.25) is 5.02 Å². The first kappa shape index (κ1) is 25.0. The zero-order valence-corrected chi connectivity index (χ0v) is 21.0. The van der Waals surface area contributed by atoms with Crippen LogP contribution in [0.25, 0.3) is 0 Å². The van der Waals surface area contributed by atoms with E-state index in [2.05, 4.69) is 0 Å². The first-order valence-electron chi connectivity index (χ1n) is 11.2. The van der Waals surface area contributed by atoms with Crippen molar-refractivity contribution in [3.05, 3.63) is 112 Å². The van der Waals surface area contributed by atoms with Gasteiger partial charge in [0.15, 0.2) is 0 Å². The number of carbonyl (C=O) groups excluding carboxylic acids is 1. The molecule has 1 aliphatic heterocycles. The molecule has 182 valence electrons. The molecular formula is C27H26ClNO5S. The topological polar surface area (TPSA) is 83.9 Å². The molecule has 0 aliphatic carbocycles. The van der Waals surface area contributed by atoms with Crippen LogP contribution in [0.3, 0.4) is 0 Å². The lowest BCUT2D eigenvalue weighted by molar-refractivity contribution is -0.139. The fraction of sp³-hybridized carbons (Fsp3) is 0.222. The molecule has 1 aliphatic rings. The predicted molar refractivity (Wildman–Crippen MR) is 134 cm³/mol. The minimum absolute atomic E-state index is 0.0747. The second-order valence-corrected chi connectivity index (χ2v) is 10.5. The van der Waals surface area contributed by atoms with Crippen molar-refractivity contribution in [1.29, 1.82) is 0 Å². The van der Waals surface area contributed by atoms with Crippen LogP contribution in [0, 0.1) is 6.92 Å². The highest BCUT2D eigenvalue weighted by Crippen LogP contribution is 2.49. The van der Waals surface area contributed by atoms with Gasteiger partial charge >= 0.3 is 5.97 Å². The summed E-state index contributed by atoms with van der Waals surface area (Å²) in [4.78, 5) is 13.1. The SMILES string of the molecule is CCOC(=O)C1=C(O)C[C@H](c2ccccc2Cl)N(S(=O)(=O)c2ccc(C)cc2)[C@@H]1c1ccccc1. The number of ether oxygens (including phenoxy) is 1. The molecule has 0 bridgehead atoms. The van der Waals surface area contributed by atoms with Gasteiger partial charge in [-0.3, -0.25) is 0 Å². The monoisotopic (exact) mass is 511 g/mol. The lowest BCUT2D eigenvalue weighted by Gasteiger charge is -2.42. The van der Waals surface area contributed by atoms with Crippen molar-refractivity contribution in [2.45, 2.75) is 37.2 Å². The van der Waals surface area contributed by atoms with E-state index in [1.54, 1.807) is 85.8 Å². The summed E-state index contributed by atoms with van der Waals surface area (Å²) in [7, 11) is -4.17. The normalized spacial score (nSPS) is 18.9. The standard InChI is InChI=1S/C27H26ClNO5S/c1-3-34-27(31)25-24(30)17-23(21-11-7-8-12-22(21)28)29(26(25)19-9-5-4-6-10-19)35(32,33)20-15-13-18(2)14-16-20/h4-16,23,26,30H,3,17H2,1-2H3/t23-,26-/m1/s1. The molecule has 8 heteroatoms. The largest absolute Gasteiger partial charge is 0.512 e. The maximum Gasteiger partial charge on any atom is 0.339 e. The van der Waals surface area contributed by atoms with Crippen molar-refractivity contribution in [3.8, 4) is 0 Å². The molecule has 0 fully saturated rings. The molecule has 1 N–H and O–H groups in total. The van der Waals surface area contributed by atoms with E-state index >= 15 is 0 Å². The molecule has 6 nitrogen and oxygen atoms in total. The number of halogens is 1. The Morgan fingerprint density at radius 1 is 1.03 bits per heavy atom. The Morgan fingerprint density at radius 3 is 2.29 bits per heavy atom. The summed E-state index contributed by atoms with van der Waals surface area (Å²) < 4.78 is 35.0. The highest BCUT2D eigenvalue weighted by molar-refractivity contribution is 7.89. The summed E-state index contributed by atoms with van der Waals surface area (Å²) in [5.41, 5.74) is 1.86. The number of rotatable bonds is 6. The van der Waals surface area contributed by atoms with Gasteiger partial charge in [-0.15, -0.1) is 0 Å². The Kier molecular flexibility index (Phi) is 7.31. The number of benzene rings is 3. The zero-order valence-electron chi connectivity index (χ0n) is 19.4. The maximum absolute atomic E-state index is 14.2. The molecular weight excluding hydrogens is 486 g/mol. The molecule has 0 saturated heterocycles. The van der Waals surface area contributed by atoms with E-state index in [-0.39, 0.29) is 29.3 Å². The second-order valence-electron chi connectivity index (χ2n) is 8.28. The van der Waals surface area contributed by atoms with Crippen molar-refractivity contribution >= 4 is 27.6 Å². The Labute approximate surface area is 210 Å². The third kappa shape index (κ3) is 4.85. The molecule has 3 aromatic carbocycles. The van der Waals surface area contributed by atoms with Gasteiger partial charge in [-0.25, -0.2) is 13.2 Å². The highest BCUT2D eigenvalue weighted by Gasteiger charge is 2.48. The molecule has 2 atom stereocenters. The number of esters is 1. The van der Waals surface area contributed by atoms with Crippen molar-refractivity contribution in [1.82, 2.24) is 4.31 Å². The van der Waals surface area contributed by atoms with Crippen LogP contribution >= 0.6 is 11.6 Å². The molecule has 0 spiro atoms. The molecule has 4 rings (SSSR count). The van der Waals surface area contributed by atoms with Gasteiger partial charge in [-0.2, -0.15) is 4.31 Å². The number of aryl methyl sites for hydroxylation is 1. The quantitative estimate of drug-likeness (QED) is 0.416. The smallest absolute Gasteiger partial charge is 0.339 e. The van der Waals surface area contributed by atoms with Crippen LogP contribution in [-0.4, -0.2) is 30.4 Å². The van der Waals surface area contributed by atoms with Crippen LogP contribution in [0.4, 0.5) is 0 Å². The number of carbonyl (C=O) groups is 1. The number of hydrogen-bond acceptors (Lipinski definition) is 5. The average Bonchev–Trinajstić information content (AvgIpc) is 2.84. The van der Waals surface area contributed by atoms with Crippen LogP contribution in [-0.2, 0) is 19.6 Å². The van der Waals surface area contributed by atoms with Crippen molar-refractivity contribution < 1.29 is 23.1 Å². The van der Waals surface area contributed by atoms with E-state index in [0.717, 1.165) is 5.56 Å². The van der Waals surface area contributed by atoms with Gasteiger partial charge in [0.2, 0.25) is 10.0 Å². The lowest BCUT2D eigenvalue weighted by atomic mass is 9.88. The van der Waals surface area contributed by atoms with Crippen LogP contribution in [0.5, 0.6) is 0 Å². The average molecular weight is 512 g/mol. The van der Waals surface area contributed by atoms with Crippen LogP contribution in [0.15, 0.2) is 95.1 Å². The number of hydrogen-bond donors (Lipinski definition) is 1. The van der Waals surface area contributed by atoms with E-state index < -0.39 is 28.1 Å². The van der Waals surface area contributed by atoms with Gasteiger partial charge in [0.05, 0.1) is 29.2 Å². The minimum Gasteiger partial charge on any atom is -0.512 e. The predicted octanol–water partition coefficient (Wildman–Crippen LogP) is 5.90.